The van der Waals surface area contributed by atoms with Crippen LogP contribution in [0.4, 0.5) is 0 Å². The molecule has 0 radical (unpaired) electrons. The second kappa shape index (κ2) is 11.6. The molecule has 0 bridgehead atoms. The zero-order valence-corrected chi connectivity index (χ0v) is 16.5. The predicted molar refractivity (Wildman–Crippen MR) is 102 cm³/mol. The van der Waals surface area contributed by atoms with Gasteiger partial charge in [0.2, 0.25) is 11.8 Å². The van der Waals surface area contributed by atoms with Crippen LogP contribution in [-0.2, 0) is 37.3 Å². The minimum atomic E-state index is -1.09. The van der Waals surface area contributed by atoms with E-state index in [4.69, 9.17) is 5.73 Å². The molecule has 5 N–H and O–H groups in total. The molecule has 1 aromatic carbocycles. The molecule has 29 heavy (non-hydrogen) atoms. The summed E-state index contributed by atoms with van der Waals surface area (Å²) in [7, 11) is 0. The van der Waals surface area contributed by atoms with Gasteiger partial charge in [0.25, 0.3) is 0 Å². The summed E-state index contributed by atoms with van der Waals surface area (Å²) in [5.74, 6) is -1.92. The molecule has 0 aliphatic heterocycles. The second-order valence-corrected chi connectivity index (χ2v) is 5.96. The van der Waals surface area contributed by atoms with Gasteiger partial charge < -0.3 is 31.3 Å². The number of aromatic hydroxyl groups is 1. The van der Waals surface area contributed by atoms with Gasteiger partial charge in [-0.05, 0) is 31.5 Å². The summed E-state index contributed by atoms with van der Waals surface area (Å²) in [5, 5.41) is 16.0. The molecule has 3 amide bonds. The number of amides is 3. The number of para-hydroxylation sites is 1. The number of aromatic amines is 1. The Balaban J connectivity index is 0.00000420. The van der Waals surface area contributed by atoms with Crippen molar-refractivity contribution in [2.45, 2.75) is 25.4 Å². The van der Waals surface area contributed by atoms with Crippen LogP contribution in [0, 0.1) is 0 Å². The molecular weight excluding hydrogens is 423 g/mol. The van der Waals surface area contributed by atoms with Crippen LogP contribution in [0.1, 0.15) is 18.2 Å². The predicted octanol–water partition coefficient (Wildman–Crippen LogP) is 0.0333. The van der Waals surface area contributed by atoms with Crippen molar-refractivity contribution in [3.05, 3.63) is 53.4 Å². The van der Waals surface area contributed by atoms with E-state index in [9.17, 15) is 19.5 Å². The van der Waals surface area contributed by atoms with E-state index in [1.165, 1.54) is 25.5 Å². The van der Waals surface area contributed by atoms with Crippen molar-refractivity contribution in [1.82, 2.24) is 15.3 Å². The zero-order chi connectivity index (χ0) is 20.5. The van der Waals surface area contributed by atoms with Crippen LogP contribution < -0.4 is 11.1 Å². The third-order valence-corrected chi connectivity index (χ3v) is 3.74. The first-order chi connectivity index (χ1) is 13.4. The summed E-state index contributed by atoms with van der Waals surface area (Å²) >= 11 is 0. The molecule has 1 aromatic heterocycles. The maximum absolute atomic E-state index is 12.4. The molecule has 1 heterocycles. The molecular formula is C18H21N6NiO4-. The number of aromatic nitrogens is 2. The average Bonchev–Trinajstić information content (AvgIpc) is 3.15. The van der Waals surface area contributed by atoms with Crippen molar-refractivity contribution in [3.8, 4) is 5.75 Å². The minimum Gasteiger partial charge on any atom is -0.641 e. The average molecular weight is 444 g/mol. The van der Waals surface area contributed by atoms with E-state index in [2.05, 4.69) is 25.6 Å². The van der Waals surface area contributed by atoms with Gasteiger partial charge in [0.15, 0.2) is 0 Å². The van der Waals surface area contributed by atoms with Gasteiger partial charge in [-0.15, -0.1) is 0 Å². The van der Waals surface area contributed by atoms with E-state index >= 15 is 0 Å². The van der Waals surface area contributed by atoms with Crippen LogP contribution >= 0.6 is 0 Å². The number of carbonyl (C=O) groups excluding carboxylic acids is 3. The van der Waals surface area contributed by atoms with Gasteiger partial charge in [-0.1, -0.05) is 12.1 Å². The summed E-state index contributed by atoms with van der Waals surface area (Å²) in [4.78, 5) is 46.4. The zero-order valence-electron chi connectivity index (χ0n) is 15.5. The van der Waals surface area contributed by atoms with E-state index in [1.807, 2.05) is 0 Å². The Morgan fingerprint density at radius 1 is 1.38 bits per heavy atom. The molecule has 2 rings (SSSR count). The Morgan fingerprint density at radius 2 is 2.10 bits per heavy atom. The van der Waals surface area contributed by atoms with E-state index in [1.54, 1.807) is 24.4 Å². The van der Waals surface area contributed by atoms with Crippen molar-refractivity contribution < 1.29 is 36.0 Å². The monoisotopic (exact) mass is 443 g/mol. The topological polar surface area (TPSA) is 165 Å². The van der Waals surface area contributed by atoms with Crippen molar-refractivity contribution in [2.75, 3.05) is 6.54 Å². The number of nitrogens with one attached hydrogen (secondary N) is 2. The van der Waals surface area contributed by atoms with Crippen LogP contribution in [0.3, 0.4) is 0 Å². The third kappa shape index (κ3) is 7.75. The van der Waals surface area contributed by atoms with Crippen molar-refractivity contribution in [3.63, 3.8) is 0 Å². The molecule has 2 aromatic rings. The Kier molecular flexibility index (Phi) is 9.54. The van der Waals surface area contributed by atoms with Crippen LogP contribution in [0.15, 0.2) is 41.8 Å². The van der Waals surface area contributed by atoms with Crippen molar-refractivity contribution in [2.24, 2.45) is 10.7 Å². The fourth-order valence-electron chi connectivity index (χ4n) is 2.21. The summed E-state index contributed by atoms with van der Waals surface area (Å²) in [6, 6.07) is 4.53. The summed E-state index contributed by atoms with van der Waals surface area (Å²) < 4.78 is 0. The molecule has 0 aliphatic rings. The number of phenolic OH excluding ortho intramolecular Hbond substituents is 1. The van der Waals surface area contributed by atoms with Crippen molar-refractivity contribution in [1.29, 1.82) is 0 Å². The third-order valence-electron chi connectivity index (χ3n) is 3.74. The first kappa shape index (κ1) is 23.8. The smallest absolute Gasteiger partial charge is 0.239 e. The van der Waals surface area contributed by atoms with Gasteiger partial charge >= 0.3 is 0 Å². The summed E-state index contributed by atoms with van der Waals surface area (Å²) in [5.41, 5.74) is 6.13. The van der Waals surface area contributed by atoms with Gasteiger partial charge in [0.05, 0.1) is 24.5 Å². The number of H-pyrrole nitrogens is 1. The molecule has 0 fully saturated rings. The standard InChI is InChI=1S/C18H22N6O4.Ni/c1-11(17(19)27)23-18(28)14(6-13-8-21-10-22-13)24-16(26)9-20-7-12-4-2-3-5-15(12)25;/h2-5,7-8,10-11,14H,6,9H2,1H3,(H6,19,20,21,22,23,24,25,26,27,28);/p-1/t11?,14-;/m0./s1. The van der Waals surface area contributed by atoms with E-state index in [0.29, 0.717) is 11.3 Å². The summed E-state index contributed by atoms with van der Waals surface area (Å²) in [6.45, 7) is 1.13. The Hall–Kier alpha value is -3.20. The van der Waals surface area contributed by atoms with Crippen molar-refractivity contribution >= 4 is 23.9 Å². The van der Waals surface area contributed by atoms with E-state index in [-0.39, 0.29) is 35.2 Å². The molecule has 2 atom stereocenters. The first-order valence-corrected chi connectivity index (χ1v) is 8.45. The Bertz CT molecular complexity index is 856. The van der Waals surface area contributed by atoms with Crippen LogP contribution in [0.2, 0.25) is 0 Å². The van der Waals surface area contributed by atoms with Gasteiger partial charge in [0, 0.05) is 34.5 Å². The number of hydrogen-bond donors (Lipinski definition) is 4. The van der Waals surface area contributed by atoms with Crippen LogP contribution in [0.25, 0.3) is 5.32 Å². The minimum absolute atomic E-state index is 0. The van der Waals surface area contributed by atoms with Crippen LogP contribution in [0.5, 0.6) is 5.75 Å². The molecule has 11 heteroatoms. The number of imidazole rings is 1. The number of hydrogen-bond acceptors (Lipinski definition) is 6. The molecule has 1 unspecified atom stereocenters. The van der Waals surface area contributed by atoms with Gasteiger partial charge in [-0.2, -0.15) is 0 Å². The largest absolute Gasteiger partial charge is 0.641 e. The number of aliphatic imine (C=N–C) groups is 1. The summed E-state index contributed by atoms with van der Waals surface area (Å²) in [6.07, 6.45) is 4.43. The molecule has 0 spiro atoms. The second-order valence-electron chi connectivity index (χ2n) is 5.96. The number of rotatable bonds is 9. The molecule has 158 valence electrons. The quantitative estimate of drug-likeness (QED) is 0.316. The number of phenols is 1. The molecule has 0 saturated heterocycles. The van der Waals surface area contributed by atoms with Crippen LogP contribution in [-0.4, -0.2) is 57.6 Å². The molecule has 10 nitrogen and oxygen atoms in total. The molecule has 0 aliphatic carbocycles. The van der Waals surface area contributed by atoms with Gasteiger partial charge in [-0.3, -0.25) is 14.6 Å². The maximum atomic E-state index is 12.4. The maximum Gasteiger partial charge on any atom is 0.239 e. The van der Waals surface area contributed by atoms with E-state index in [0.717, 1.165) is 0 Å². The Morgan fingerprint density at radius 3 is 2.72 bits per heavy atom. The van der Waals surface area contributed by atoms with E-state index < -0.39 is 29.8 Å². The van der Waals surface area contributed by atoms with Gasteiger partial charge in [-0.25, -0.2) is 4.98 Å². The normalized spacial score (nSPS) is 12.6. The SMILES string of the molecule is CC(NC(=O)[C@H](Cc1c[nH]cn1)[N-]C(=O)CN=Cc1ccccc1O)C(N)=O.[Ni]. The number of nitrogens with two attached hydrogens (primary N) is 1. The number of carbonyl (C=O) groups is 3. The van der Waals surface area contributed by atoms with Gasteiger partial charge in [0.1, 0.15) is 11.8 Å². The fraction of sp³-hybridized carbons (Fsp3) is 0.278. The first-order valence-electron chi connectivity index (χ1n) is 8.45. The number of nitrogens with zero attached hydrogens (tertiary/aromatic N) is 3. The molecule has 0 saturated carbocycles. The number of primary amides is 1. The Labute approximate surface area is 177 Å². The fourth-order valence-corrected chi connectivity index (χ4v) is 2.21. The number of benzene rings is 1.